The fourth-order valence-electron chi connectivity index (χ4n) is 4.21. The number of aliphatic imine (C=N–C) groups is 1. The molecule has 2 saturated heterocycles. The summed E-state index contributed by atoms with van der Waals surface area (Å²) in [4.78, 5) is 19.8. The number of halogens is 3. The van der Waals surface area contributed by atoms with Gasteiger partial charge in [-0.25, -0.2) is 4.79 Å². The second kappa shape index (κ2) is 9.74. The molecular formula is C22H31F3N6O2. The van der Waals surface area contributed by atoms with Crippen molar-refractivity contribution in [2.45, 2.75) is 51.1 Å². The number of amidine groups is 1. The van der Waals surface area contributed by atoms with Gasteiger partial charge in [0.05, 0.1) is 25.8 Å². The van der Waals surface area contributed by atoms with E-state index in [2.05, 4.69) is 27.4 Å². The van der Waals surface area contributed by atoms with Gasteiger partial charge in [-0.1, -0.05) is 12.7 Å². The first-order chi connectivity index (χ1) is 15.7. The molecule has 2 amide bonds. The number of hydrogen-bond acceptors (Lipinski definition) is 6. The number of nitrogens with zero attached hydrogens (tertiary/aromatic N) is 4. The lowest BCUT2D eigenvalue weighted by Gasteiger charge is -2.43. The van der Waals surface area contributed by atoms with Gasteiger partial charge in [-0.2, -0.15) is 18.3 Å². The summed E-state index contributed by atoms with van der Waals surface area (Å²) in [5, 5.41) is 7.92. The first-order valence-corrected chi connectivity index (χ1v) is 11.4. The van der Waals surface area contributed by atoms with Crippen molar-refractivity contribution in [1.29, 1.82) is 0 Å². The van der Waals surface area contributed by atoms with E-state index in [1.165, 1.54) is 19.8 Å². The van der Waals surface area contributed by atoms with E-state index in [0.717, 1.165) is 31.0 Å². The van der Waals surface area contributed by atoms with Crippen LogP contribution in [0.25, 0.3) is 0 Å². The minimum Gasteiger partial charge on any atom is -0.370 e. The number of rotatable bonds is 7. The maximum absolute atomic E-state index is 12.7. The van der Waals surface area contributed by atoms with Crippen LogP contribution in [0, 0.1) is 11.8 Å². The zero-order valence-corrected chi connectivity index (χ0v) is 18.8. The zero-order chi connectivity index (χ0) is 23.6. The lowest BCUT2D eigenvalue weighted by Crippen LogP contribution is -2.60. The number of carbonyl (C=O) groups excluding carboxylic acids is 1. The van der Waals surface area contributed by atoms with Crippen molar-refractivity contribution >= 4 is 18.1 Å². The number of hydrogen-bond donors (Lipinski definition) is 2. The number of allylic oxidation sites excluding steroid dienone is 2. The van der Waals surface area contributed by atoms with Crippen molar-refractivity contribution in [3.8, 4) is 0 Å². The van der Waals surface area contributed by atoms with Gasteiger partial charge >= 0.3 is 12.2 Å². The van der Waals surface area contributed by atoms with E-state index >= 15 is 0 Å². The molecule has 0 bridgehead atoms. The Kier molecular flexibility index (Phi) is 6.96. The molecule has 0 spiro atoms. The number of amides is 2. The predicted molar refractivity (Wildman–Crippen MR) is 119 cm³/mol. The van der Waals surface area contributed by atoms with Crippen molar-refractivity contribution in [2.24, 2.45) is 21.9 Å². The molecule has 3 aliphatic heterocycles. The second-order valence-corrected chi connectivity index (χ2v) is 9.06. The Morgan fingerprint density at radius 2 is 1.94 bits per heavy atom. The van der Waals surface area contributed by atoms with E-state index in [0.29, 0.717) is 43.6 Å². The van der Waals surface area contributed by atoms with Crippen LogP contribution in [0.4, 0.5) is 18.0 Å². The molecule has 0 aromatic carbocycles. The molecule has 0 radical (unpaired) electrons. The summed E-state index contributed by atoms with van der Waals surface area (Å²) in [5.41, 5.74) is 2.58. The van der Waals surface area contributed by atoms with Gasteiger partial charge in [0.15, 0.2) is 0 Å². The maximum atomic E-state index is 12.7. The van der Waals surface area contributed by atoms with Crippen LogP contribution >= 0.6 is 0 Å². The Labute approximate surface area is 191 Å². The van der Waals surface area contributed by atoms with E-state index < -0.39 is 11.9 Å². The van der Waals surface area contributed by atoms with Crippen LogP contribution in [0.2, 0.25) is 0 Å². The number of carbonyl (C=O) groups is 1. The highest BCUT2D eigenvalue weighted by molar-refractivity contribution is 5.87. The van der Waals surface area contributed by atoms with Crippen molar-refractivity contribution in [2.75, 3.05) is 32.8 Å². The maximum Gasteiger partial charge on any atom is 0.433 e. The number of urea groups is 1. The molecule has 1 aliphatic carbocycles. The van der Waals surface area contributed by atoms with Crippen LogP contribution in [0.5, 0.6) is 0 Å². The van der Waals surface area contributed by atoms with E-state index in [1.54, 1.807) is 4.90 Å². The molecule has 4 aliphatic rings. The molecule has 4 rings (SSSR count). The van der Waals surface area contributed by atoms with E-state index in [1.807, 2.05) is 4.90 Å². The Morgan fingerprint density at radius 1 is 1.24 bits per heavy atom. The molecule has 1 saturated carbocycles. The van der Waals surface area contributed by atoms with Gasteiger partial charge < -0.3 is 19.9 Å². The monoisotopic (exact) mass is 468 g/mol. The highest BCUT2D eigenvalue weighted by atomic mass is 19.4. The molecule has 1 atom stereocenters. The third-order valence-electron chi connectivity index (χ3n) is 6.45. The first kappa shape index (κ1) is 23.6. The topological polar surface area (TPSA) is 81.6 Å². The van der Waals surface area contributed by atoms with Crippen molar-refractivity contribution in [1.82, 2.24) is 20.5 Å². The summed E-state index contributed by atoms with van der Waals surface area (Å²) in [6.45, 7) is 7.40. The average Bonchev–Trinajstić information content (AvgIpc) is 3.48. The van der Waals surface area contributed by atoms with E-state index in [-0.39, 0.29) is 24.9 Å². The normalized spacial score (nSPS) is 25.0. The van der Waals surface area contributed by atoms with Crippen LogP contribution in [0.1, 0.15) is 32.6 Å². The summed E-state index contributed by atoms with van der Waals surface area (Å²) in [7, 11) is 0. The Bertz CT molecular complexity index is 838. The standard InChI is InChI=1S/C22H31F3N6O2/c1-3-18(22(23,24)25)26-10-14(2)13-33-17-11-31(12-17)21(32)30-8-6-16(7-9-30)20-27-19(28-29-20)15-4-5-15/h3,10,15-17,20,29H,2,4-9,11-13H2,1H3,(H,27,28)/b18-3-,26-10-. The Morgan fingerprint density at radius 3 is 2.55 bits per heavy atom. The molecule has 8 nitrogen and oxygen atoms in total. The molecule has 3 heterocycles. The number of hydrazone groups is 1. The highest BCUT2D eigenvalue weighted by Gasteiger charge is 2.39. The predicted octanol–water partition coefficient (Wildman–Crippen LogP) is 2.85. The highest BCUT2D eigenvalue weighted by Crippen LogP contribution is 2.32. The SMILES string of the molecule is C=C(/C=N\C(=C/C)C(F)(F)F)COC1CN(C(=O)N2CCC(C3NN=C(C4CC4)N3)CC2)C1. The summed E-state index contributed by atoms with van der Waals surface area (Å²) in [6.07, 6.45) is 1.76. The number of nitrogens with one attached hydrogen (secondary N) is 2. The quantitative estimate of drug-likeness (QED) is 0.563. The van der Waals surface area contributed by atoms with E-state index in [9.17, 15) is 18.0 Å². The molecule has 11 heteroatoms. The zero-order valence-electron chi connectivity index (χ0n) is 18.8. The number of alkyl halides is 3. The van der Waals surface area contributed by atoms with Gasteiger partial charge in [-0.15, -0.1) is 0 Å². The van der Waals surface area contributed by atoms with Crippen LogP contribution < -0.4 is 10.7 Å². The Hall–Kier alpha value is -2.56. The van der Waals surface area contributed by atoms with Crippen LogP contribution in [-0.4, -0.2) is 79.1 Å². The van der Waals surface area contributed by atoms with Crippen LogP contribution in [-0.2, 0) is 4.74 Å². The number of ether oxygens (including phenoxy) is 1. The molecular weight excluding hydrogens is 437 g/mol. The Balaban J connectivity index is 1.12. The minimum atomic E-state index is -4.49. The van der Waals surface area contributed by atoms with Gasteiger partial charge in [0, 0.05) is 31.1 Å². The molecule has 1 unspecified atom stereocenters. The molecule has 2 N–H and O–H groups in total. The van der Waals surface area contributed by atoms with Gasteiger partial charge in [-0.3, -0.25) is 10.4 Å². The minimum absolute atomic E-state index is 0.0128. The lowest BCUT2D eigenvalue weighted by atomic mass is 9.94. The second-order valence-electron chi connectivity index (χ2n) is 9.06. The third-order valence-corrected chi connectivity index (χ3v) is 6.45. The van der Waals surface area contributed by atoms with Crippen LogP contribution in [0.3, 0.4) is 0 Å². The summed E-state index contributed by atoms with van der Waals surface area (Å²) < 4.78 is 43.7. The third kappa shape index (κ3) is 5.87. The van der Waals surface area contributed by atoms with Crippen LogP contribution in [0.15, 0.2) is 34.0 Å². The van der Waals surface area contributed by atoms with Gasteiger partial charge in [-0.05, 0) is 38.2 Å². The summed E-state index contributed by atoms with van der Waals surface area (Å²) >= 11 is 0. The van der Waals surface area contributed by atoms with Gasteiger partial charge in [0.1, 0.15) is 17.7 Å². The van der Waals surface area contributed by atoms with Crippen molar-refractivity contribution < 1.29 is 22.7 Å². The van der Waals surface area contributed by atoms with Crippen molar-refractivity contribution in [3.05, 3.63) is 23.9 Å². The smallest absolute Gasteiger partial charge is 0.370 e. The largest absolute Gasteiger partial charge is 0.433 e. The van der Waals surface area contributed by atoms with Crippen molar-refractivity contribution in [3.63, 3.8) is 0 Å². The lowest BCUT2D eigenvalue weighted by molar-refractivity contribution is -0.0924. The first-order valence-electron chi connectivity index (χ1n) is 11.4. The molecule has 33 heavy (non-hydrogen) atoms. The number of piperidine rings is 1. The number of likely N-dealkylation sites (tertiary alicyclic amines) is 2. The van der Waals surface area contributed by atoms with Gasteiger partial charge in [0.2, 0.25) is 0 Å². The van der Waals surface area contributed by atoms with E-state index in [4.69, 9.17) is 4.74 Å². The summed E-state index contributed by atoms with van der Waals surface area (Å²) in [5.74, 6) is 2.12. The fourth-order valence-corrected chi connectivity index (χ4v) is 4.21. The van der Waals surface area contributed by atoms with Gasteiger partial charge in [0.25, 0.3) is 0 Å². The fraction of sp³-hybridized carbons (Fsp3) is 0.682. The molecule has 0 aromatic heterocycles. The summed E-state index contributed by atoms with van der Waals surface area (Å²) in [6, 6.07) is 0.0128. The average molecular weight is 469 g/mol. The molecule has 0 aromatic rings. The molecule has 182 valence electrons. The molecule has 3 fully saturated rings.